The van der Waals surface area contributed by atoms with Crippen LogP contribution in [0.4, 0.5) is 0 Å². The quantitative estimate of drug-likeness (QED) is 0.128. The van der Waals surface area contributed by atoms with E-state index in [9.17, 15) is 14.4 Å². The van der Waals surface area contributed by atoms with Gasteiger partial charge >= 0.3 is 0 Å². The first-order valence-corrected chi connectivity index (χ1v) is 18.9. The number of nitrogens with zero attached hydrogens (tertiary/aromatic N) is 6. The second-order valence-corrected chi connectivity index (χ2v) is 14.3. The Bertz CT molecular complexity index is 2390. The van der Waals surface area contributed by atoms with Gasteiger partial charge in [-0.25, -0.2) is 0 Å². The van der Waals surface area contributed by atoms with Crippen molar-refractivity contribution >= 4 is 29.1 Å². The number of nitrogens with one attached hydrogen (secondary N) is 1. The summed E-state index contributed by atoms with van der Waals surface area (Å²) in [6, 6.07) is 15.1. The lowest BCUT2D eigenvalue weighted by Gasteiger charge is -2.29. The first-order valence-electron chi connectivity index (χ1n) is 18.1. The van der Waals surface area contributed by atoms with E-state index in [1.807, 2.05) is 29.9 Å². The van der Waals surface area contributed by atoms with Gasteiger partial charge in [0.05, 0.1) is 49.6 Å². The fraction of sp³-hybridized carbons (Fsp3) is 0.317. The van der Waals surface area contributed by atoms with Gasteiger partial charge in [-0.2, -0.15) is 5.10 Å². The number of aryl methyl sites for hydroxylation is 1. The first kappa shape index (κ1) is 36.1. The van der Waals surface area contributed by atoms with E-state index in [1.165, 1.54) is 10.5 Å². The van der Waals surface area contributed by atoms with E-state index in [4.69, 9.17) is 14.2 Å². The third-order valence-corrected chi connectivity index (χ3v) is 10.8. The molecule has 0 bridgehead atoms. The number of rotatable bonds is 10. The van der Waals surface area contributed by atoms with Gasteiger partial charge in [-0.05, 0) is 48.6 Å². The Hall–Kier alpha value is -5.90. The Morgan fingerprint density at radius 3 is 2.71 bits per heavy atom. The highest BCUT2D eigenvalue weighted by molar-refractivity contribution is 7.15. The molecule has 55 heavy (non-hydrogen) atoms. The maximum Gasteiger partial charge on any atom is 0.255 e. The Kier molecular flexibility index (Phi) is 10.6. The van der Waals surface area contributed by atoms with Crippen molar-refractivity contribution in [2.45, 2.75) is 58.5 Å². The molecule has 0 radical (unpaired) electrons. The van der Waals surface area contributed by atoms with Crippen LogP contribution in [-0.2, 0) is 56.5 Å². The van der Waals surface area contributed by atoms with Crippen molar-refractivity contribution in [1.82, 2.24) is 34.8 Å². The molecule has 1 saturated heterocycles. The van der Waals surface area contributed by atoms with E-state index in [1.54, 1.807) is 29.7 Å². The minimum atomic E-state index is -0.664. The van der Waals surface area contributed by atoms with Crippen LogP contribution in [0.3, 0.4) is 0 Å². The first-order chi connectivity index (χ1) is 26.9. The second kappa shape index (κ2) is 16.2. The Balaban J connectivity index is 0.820. The van der Waals surface area contributed by atoms with Crippen molar-refractivity contribution in [3.8, 4) is 28.7 Å². The molecule has 5 aromatic rings. The van der Waals surface area contributed by atoms with Crippen LogP contribution in [0.15, 0.2) is 60.9 Å². The van der Waals surface area contributed by atoms with Crippen LogP contribution >= 0.6 is 11.3 Å². The van der Waals surface area contributed by atoms with E-state index >= 15 is 0 Å². The molecular formula is C41H37N7O6S. The summed E-state index contributed by atoms with van der Waals surface area (Å²) >= 11 is 1.64. The van der Waals surface area contributed by atoms with Crippen LogP contribution in [0.2, 0.25) is 0 Å². The van der Waals surface area contributed by atoms with Gasteiger partial charge in [0.2, 0.25) is 11.8 Å². The van der Waals surface area contributed by atoms with E-state index in [2.05, 4.69) is 73.1 Å². The van der Waals surface area contributed by atoms with Crippen molar-refractivity contribution in [3.63, 3.8) is 0 Å². The molecule has 3 aliphatic rings. The molecule has 3 amide bonds. The van der Waals surface area contributed by atoms with Crippen molar-refractivity contribution in [1.29, 1.82) is 0 Å². The fourth-order valence-electron chi connectivity index (χ4n) is 6.93. The number of carbonyl (C=O) groups is 3. The van der Waals surface area contributed by atoms with Gasteiger partial charge in [-0.1, -0.05) is 60.1 Å². The highest BCUT2D eigenvalue weighted by atomic mass is 32.1. The number of hydrogen-bond acceptors (Lipinski definition) is 10. The van der Waals surface area contributed by atoms with Crippen LogP contribution in [0.5, 0.6) is 0 Å². The largest absolute Gasteiger partial charge is 0.377 e. The SMILES string of the molecule is Cc1nnc2n1-c1sc(C#Cc3cnn(CCOCCOCC#Cc4cccc5c4CN(C4CCC(=O)NC4=O)C5=O)c3)c(Cc3ccccc3)c1COC2. The maximum atomic E-state index is 13.0. The number of imide groups is 1. The fourth-order valence-corrected chi connectivity index (χ4v) is 8.17. The summed E-state index contributed by atoms with van der Waals surface area (Å²) < 4.78 is 21.4. The average molecular weight is 756 g/mol. The number of fused-ring (bicyclic) bond motifs is 4. The molecule has 0 spiro atoms. The molecule has 1 unspecified atom stereocenters. The highest BCUT2D eigenvalue weighted by Gasteiger charge is 2.39. The summed E-state index contributed by atoms with van der Waals surface area (Å²) in [5, 5.41) is 16.5. The number of carbonyl (C=O) groups excluding carboxylic acids is 3. The molecular weight excluding hydrogens is 719 g/mol. The Morgan fingerprint density at radius 1 is 0.964 bits per heavy atom. The lowest BCUT2D eigenvalue weighted by molar-refractivity contribution is -0.136. The van der Waals surface area contributed by atoms with Crippen molar-refractivity contribution in [3.05, 3.63) is 116 Å². The zero-order chi connectivity index (χ0) is 37.7. The number of thiophene rings is 1. The van der Waals surface area contributed by atoms with Gasteiger partial charge in [0.1, 0.15) is 30.1 Å². The van der Waals surface area contributed by atoms with Gasteiger partial charge < -0.3 is 19.1 Å². The van der Waals surface area contributed by atoms with Gasteiger partial charge in [-0.15, -0.1) is 21.5 Å². The monoisotopic (exact) mass is 755 g/mol. The molecule has 2 aromatic carbocycles. The van der Waals surface area contributed by atoms with Crippen LogP contribution < -0.4 is 5.32 Å². The minimum absolute atomic E-state index is 0.201. The molecule has 3 aromatic heterocycles. The predicted molar refractivity (Wildman–Crippen MR) is 201 cm³/mol. The Labute approximate surface area is 321 Å². The van der Waals surface area contributed by atoms with Crippen molar-refractivity contribution in [2.24, 2.45) is 0 Å². The number of aromatic nitrogens is 5. The summed E-state index contributed by atoms with van der Waals surface area (Å²) in [6.45, 7) is 5.13. The molecule has 1 atom stereocenters. The molecule has 13 nitrogen and oxygen atoms in total. The number of hydrogen-bond donors (Lipinski definition) is 1. The van der Waals surface area contributed by atoms with Gasteiger partial charge in [-0.3, -0.25) is 28.9 Å². The zero-order valence-electron chi connectivity index (χ0n) is 30.2. The average Bonchev–Trinajstić information content (AvgIpc) is 3.93. The lowest BCUT2D eigenvalue weighted by atomic mass is 10.0. The van der Waals surface area contributed by atoms with Gasteiger partial charge in [0.15, 0.2) is 5.82 Å². The number of benzene rings is 2. The third-order valence-electron chi connectivity index (χ3n) is 9.66. The summed E-state index contributed by atoms with van der Waals surface area (Å²) in [7, 11) is 0. The van der Waals surface area contributed by atoms with Crippen LogP contribution in [0, 0.1) is 30.6 Å². The molecule has 3 aliphatic heterocycles. The van der Waals surface area contributed by atoms with Crippen LogP contribution in [0.25, 0.3) is 5.00 Å². The summed E-state index contributed by atoms with van der Waals surface area (Å²) in [5.74, 6) is 13.5. The van der Waals surface area contributed by atoms with Crippen LogP contribution in [-0.4, -0.2) is 79.6 Å². The highest BCUT2D eigenvalue weighted by Crippen LogP contribution is 2.37. The van der Waals surface area contributed by atoms with Gasteiger partial charge in [0, 0.05) is 35.9 Å². The second-order valence-electron chi connectivity index (χ2n) is 13.3. The smallest absolute Gasteiger partial charge is 0.255 e. The summed E-state index contributed by atoms with van der Waals surface area (Å²) in [4.78, 5) is 39.5. The number of ether oxygens (including phenoxy) is 3. The zero-order valence-corrected chi connectivity index (χ0v) is 31.0. The molecule has 8 rings (SSSR count). The maximum absolute atomic E-state index is 13.0. The Morgan fingerprint density at radius 2 is 1.84 bits per heavy atom. The molecule has 0 saturated carbocycles. The molecule has 1 fully saturated rings. The van der Waals surface area contributed by atoms with Crippen molar-refractivity contribution < 1.29 is 28.6 Å². The predicted octanol–water partition coefficient (Wildman–Crippen LogP) is 3.70. The lowest BCUT2D eigenvalue weighted by Crippen LogP contribution is -2.52. The minimum Gasteiger partial charge on any atom is -0.377 e. The molecule has 6 heterocycles. The molecule has 1 N–H and O–H groups in total. The number of amides is 3. The normalized spacial score (nSPS) is 16.0. The molecule has 14 heteroatoms. The van der Waals surface area contributed by atoms with E-state index in [0.717, 1.165) is 55.8 Å². The number of piperidine rings is 1. The van der Waals surface area contributed by atoms with Gasteiger partial charge in [0.25, 0.3) is 5.91 Å². The summed E-state index contributed by atoms with van der Waals surface area (Å²) in [5.41, 5.74) is 6.34. The van der Waals surface area contributed by atoms with Crippen LogP contribution in [0.1, 0.15) is 73.1 Å². The summed E-state index contributed by atoms with van der Waals surface area (Å²) in [6.07, 6.45) is 4.95. The van der Waals surface area contributed by atoms with Crippen molar-refractivity contribution in [2.75, 3.05) is 26.4 Å². The standard InChI is InChI=1S/C41H37N7O6S/c1-27-44-45-37-26-54-25-34-32(21-28-7-3-2-4-8-28)36(55-41(34)48(27)37)14-12-29-22-42-46(23-29)16-18-53-20-19-52-17-6-10-30-9-5-11-31-33(30)24-47(40(31)51)35-13-15-38(49)43-39(35)50/h2-5,7-9,11,22-23,35H,13,15-21,24-26H2,1H3,(H,43,49,50). The van der Waals surface area contributed by atoms with E-state index in [-0.39, 0.29) is 31.4 Å². The third kappa shape index (κ3) is 7.85. The molecule has 0 aliphatic carbocycles. The topological polar surface area (TPSA) is 143 Å². The van der Waals surface area contributed by atoms with E-state index in [0.29, 0.717) is 51.6 Å². The molecule has 278 valence electrons. The van der Waals surface area contributed by atoms with E-state index < -0.39 is 11.9 Å².